The van der Waals surface area contributed by atoms with Crippen molar-refractivity contribution >= 4 is 17.4 Å². The Morgan fingerprint density at radius 2 is 1.71 bits per heavy atom. The Balaban J connectivity index is 2.03. The van der Waals surface area contributed by atoms with Crippen LogP contribution in [0.2, 0.25) is 0 Å². The van der Waals surface area contributed by atoms with Crippen molar-refractivity contribution in [1.82, 2.24) is 0 Å². The van der Waals surface area contributed by atoms with Crippen LogP contribution in [0.3, 0.4) is 0 Å². The fraction of sp³-hybridized carbons (Fsp3) is 0.348. The number of carbonyl (C=O) groups excluding carboxylic acids is 1. The van der Waals surface area contributed by atoms with Crippen LogP contribution in [-0.2, 0) is 14.4 Å². The number of methoxy groups -OCH3 is 1. The van der Waals surface area contributed by atoms with E-state index in [0.717, 1.165) is 28.3 Å². The third-order valence-electron chi connectivity index (χ3n) is 4.37. The average Bonchev–Trinajstić information content (AvgIpc) is 2.97. The summed E-state index contributed by atoms with van der Waals surface area (Å²) in [5.74, 6) is 0.509. The smallest absolute Gasteiger partial charge is 0.310 e. The summed E-state index contributed by atoms with van der Waals surface area (Å²) in [5, 5.41) is 1.80. The highest BCUT2D eigenvalue weighted by molar-refractivity contribution is 5.86. The summed E-state index contributed by atoms with van der Waals surface area (Å²) in [5.41, 5.74) is 3.09. The van der Waals surface area contributed by atoms with Crippen LogP contribution in [0.15, 0.2) is 60.2 Å². The SMILES string of the molecule is COc1ccc(C2=C(CC(=O)OC(C)(C)C)[C@@H](C)ON2c2ccccc2)cc1. The molecule has 0 amide bonds. The molecule has 0 aromatic heterocycles. The van der Waals surface area contributed by atoms with Crippen LogP contribution in [0.5, 0.6) is 5.75 Å². The molecule has 5 heteroatoms. The second kappa shape index (κ2) is 8.07. The van der Waals surface area contributed by atoms with Crippen molar-refractivity contribution in [2.24, 2.45) is 0 Å². The zero-order chi connectivity index (χ0) is 20.3. The van der Waals surface area contributed by atoms with E-state index in [1.54, 1.807) is 12.2 Å². The molecule has 148 valence electrons. The fourth-order valence-corrected chi connectivity index (χ4v) is 3.16. The van der Waals surface area contributed by atoms with Gasteiger partial charge in [-0.25, -0.2) is 5.06 Å². The van der Waals surface area contributed by atoms with Crippen molar-refractivity contribution in [1.29, 1.82) is 0 Å². The molecule has 1 atom stereocenters. The number of nitrogens with zero attached hydrogens (tertiary/aromatic N) is 1. The molecule has 3 rings (SSSR count). The minimum Gasteiger partial charge on any atom is -0.497 e. The second-order valence-electron chi connectivity index (χ2n) is 7.74. The third-order valence-corrected chi connectivity index (χ3v) is 4.37. The number of hydrogen-bond donors (Lipinski definition) is 0. The van der Waals surface area contributed by atoms with Crippen molar-refractivity contribution in [2.45, 2.75) is 45.8 Å². The Morgan fingerprint density at radius 1 is 1.07 bits per heavy atom. The summed E-state index contributed by atoms with van der Waals surface area (Å²) >= 11 is 0. The first-order valence-corrected chi connectivity index (χ1v) is 9.40. The highest BCUT2D eigenvalue weighted by Crippen LogP contribution is 2.39. The molecular weight excluding hydrogens is 354 g/mol. The van der Waals surface area contributed by atoms with E-state index in [1.807, 2.05) is 82.3 Å². The van der Waals surface area contributed by atoms with E-state index in [4.69, 9.17) is 14.3 Å². The number of rotatable bonds is 5. The summed E-state index contributed by atoms with van der Waals surface area (Å²) in [6, 6.07) is 17.6. The zero-order valence-electron chi connectivity index (χ0n) is 17.1. The molecule has 1 aliphatic heterocycles. The summed E-state index contributed by atoms with van der Waals surface area (Å²) in [7, 11) is 1.64. The molecular formula is C23H27NO4. The summed E-state index contributed by atoms with van der Waals surface area (Å²) < 4.78 is 10.8. The van der Waals surface area contributed by atoms with E-state index in [0.29, 0.717) is 0 Å². The first-order valence-electron chi connectivity index (χ1n) is 9.40. The van der Waals surface area contributed by atoms with Crippen LogP contribution in [0.1, 0.15) is 39.7 Å². The highest BCUT2D eigenvalue weighted by Gasteiger charge is 2.34. The molecule has 0 saturated heterocycles. The molecule has 2 aromatic carbocycles. The molecule has 0 radical (unpaired) electrons. The lowest BCUT2D eigenvalue weighted by molar-refractivity contribution is -0.154. The minimum atomic E-state index is -0.528. The predicted molar refractivity (Wildman–Crippen MR) is 110 cm³/mol. The van der Waals surface area contributed by atoms with Gasteiger partial charge in [-0.1, -0.05) is 18.2 Å². The van der Waals surface area contributed by atoms with E-state index >= 15 is 0 Å². The van der Waals surface area contributed by atoms with E-state index < -0.39 is 5.60 Å². The summed E-state index contributed by atoms with van der Waals surface area (Å²) in [4.78, 5) is 18.7. The predicted octanol–water partition coefficient (Wildman–Crippen LogP) is 4.98. The van der Waals surface area contributed by atoms with Gasteiger partial charge in [0.1, 0.15) is 17.5 Å². The normalized spacial score (nSPS) is 17.0. The Hall–Kier alpha value is -2.79. The van der Waals surface area contributed by atoms with E-state index in [1.165, 1.54) is 0 Å². The maximum absolute atomic E-state index is 12.5. The maximum atomic E-state index is 12.5. The van der Waals surface area contributed by atoms with Crippen LogP contribution in [0.4, 0.5) is 5.69 Å². The monoisotopic (exact) mass is 381 g/mol. The number of hydrogen-bond acceptors (Lipinski definition) is 5. The number of anilines is 1. The molecule has 0 aliphatic carbocycles. The van der Waals surface area contributed by atoms with E-state index in [2.05, 4.69) is 0 Å². The quantitative estimate of drug-likeness (QED) is 0.684. The van der Waals surface area contributed by atoms with E-state index in [-0.39, 0.29) is 18.5 Å². The fourth-order valence-electron chi connectivity index (χ4n) is 3.16. The van der Waals surface area contributed by atoms with Gasteiger partial charge in [0, 0.05) is 5.56 Å². The van der Waals surface area contributed by atoms with Crippen LogP contribution in [0.25, 0.3) is 5.70 Å². The highest BCUT2D eigenvalue weighted by atomic mass is 16.7. The molecule has 0 bridgehead atoms. The van der Waals surface area contributed by atoms with Crippen LogP contribution in [0, 0.1) is 0 Å². The standard InChI is InChI=1S/C23H27NO4/c1-16-20(15-21(25)27-23(2,3)4)22(17-11-13-19(26-5)14-12-17)24(28-16)18-9-7-6-8-10-18/h6-14,16H,15H2,1-5H3/t16-/m1/s1. The molecule has 5 nitrogen and oxygen atoms in total. The Morgan fingerprint density at radius 3 is 2.29 bits per heavy atom. The third kappa shape index (κ3) is 4.54. The van der Waals surface area contributed by atoms with Gasteiger partial charge in [-0.05, 0) is 69.7 Å². The number of hydroxylamine groups is 1. The molecule has 0 N–H and O–H groups in total. The molecule has 0 unspecified atom stereocenters. The lowest BCUT2D eigenvalue weighted by atomic mass is 10.00. The zero-order valence-corrected chi connectivity index (χ0v) is 17.1. The van der Waals surface area contributed by atoms with E-state index in [9.17, 15) is 4.79 Å². The number of ether oxygens (including phenoxy) is 2. The Bertz CT molecular complexity index is 850. The lowest BCUT2D eigenvalue weighted by Gasteiger charge is -2.22. The van der Waals surface area contributed by atoms with Crippen molar-refractivity contribution in [3.8, 4) is 5.75 Å². The number of para-hydroxylation sites is 1. The minimum absolute atomic E-state index is 0.170. The van der Waals surface area contributed by atoms with Crippen molar-refractivity contribution in [2.75, 3.05) is 12.2 Å². The van der Waals surface area contributed by atoms with Gasteiger partial charge < -0.3 is 9.47 Å². The lowest BCUT2D eigenvalue weighted by Crippen LogP contribution is -2.24. The summed E-state index contributed by atoms with van der Waals surface area (Å²) in [6.45, 7) is 7.56. The number of benzene rings is 2. The molecule has 2 aromatic rings. The number of carbonyl (C=O) groups is 1. The molecule has 1 aliphatic rings. The van der Waals surface area contributed by atoms with Gasteiger partial charge in [0.25, 0.3) is 0 Å². The molecule has 1 heterocycles. The molecule has 28 heavy (non-hydrogen) atoms. The molecule has 0 spiro atoms. The van der Waals surface area contributed by atoms with Gasteiger partial charge in [0.05, 0.1) is 24.9 Å². The Labute approximate surface area is 166 Å². The second-order valence-corrected chi connectivity index (χ2v) is 7.74. The van der Waals surface area contributed by atoms with Crippen LogP contribution in [-0.4, -0.2) is 24.8 Å². The Kier molecular flexibility index (Phi) is 5.75. The van der Waals surface area contributed by atoms with Gasteiger partial charge in [-0.2, -0.15) is 0 Å². The van der Waals surface area contributed by atoms with Crippen LogP contribution >= 0.6 is 0 Å². The van der Waals surface area contributed by atoms with Gasteiger partial charge >= 0.3 is 5.97 Å². The number of esters is 1. The van der Waals surface area contributed by atoms with Gasteiger partial charge in [-0.15, -0.1) is 0 Å². The average molecular weight is 381 g/mol. The van der Waals surface area contributed by atoms with Crippen molar-refractivity contribution < 1.29 is 19.1 Å². The van der Waals surface area contributed by atoms with Gasteiger partial charge in [0.15, 0.2) is 0 Å². The maximum Gasteiger partial charge on any atom is 0.310 e. The molecule has 0 saturated carbocycles. The van der Waals surface area contributed by atoms with Crippen molar-refractivity contribution in [3.63, 3.8) is 0 Å². The summed E-state index contributed by atoms with van der Waals surface area (Å²) in [6.07, 6.45) is -0.0758. The van der Waals surface area contributed by atoms with Gasteiger partial charge in [0.2, 0.25) is 0 Å². The first kappa shape index (κ1) is 20.0. The topological polar surface area (TPSA) is 48.0 Å². The molecule has 0 fully saturated rings. The first-order chi connectivity index (χ1) is 13.3. The van der Waals surface area contributed by atoms with Gasteiger partial charge in [-0.3, -0.25) is 9.63 Å². The largest absolute Gasteiger partial charge is 0.497 e. The van der Waals surface area contributed by atoms with Crippen LogP contribution < -0.4 is 9.80 Å². The van der Waals surface area contributed by atoms with Crippen molar-refractivity contribution in [3.05, 3.63) is 65.7 Å².